The molecule has 25 heavy (non-hydrogen) atoms. The highest BCUT2D eigenvalue weighted by Crippen LogP contribution is 2.31. The molecule has 3 rings (SSSR count). The zero-order valence-corrected chi connectivity index (χ0v) is 14.3. The van der Waals surface area contributed by atoms with Gasteiger partial charge in [0.25, 0.3) is 0 Å². The van der Waals surface area contributed by atoms with E-state index in [1.807, 2.05) is 42.5 Å². The number of aromatic nitrogens is 1. The second kappa shape index (κ2) is 7.73. The Morgan fingerprint density at radius 2 is 1.92 bits per heavy atom. The number of rotatable bonds is 6. The zero-order valence-electron chi connectivity index (χ0n) is 13.5. The van der Waals surface area contributed by atoms with E-state index in [0.29, 0.717) is 18.4 Å². The van der Waals surface area contributed by atoms with E-state index in [-0.39, 0.29) is 6.42 Å². The Labute approximate surface area is 149 Å². The summed E-state index contributed by atoms with van der Waals surface area (Å²) >= 11 is 1.61. The van der Waals surface area contributed by atoms with E-state index in [9.17, 15) is 4.79 Å². The Hall–Kier alpha value is -2.97. The third kappa shape index (κ3) is 4.31. The van der Waals surface area contributed by atoms with Crippen LogP contribution in [0.3, 0.4) is 0 Å². The minimum Gasteiger partial charge on any atom is -0.481 e. The first kappa shape index (κ1) is 16.9. The lowest BCUT2D eigenvalue weighted by Gasteiger charge is -2.04. The minimum atomic E-state index is -0.790. The molecule has 4 nitrogen and oxygen atoms in total. The van der Waals surface area contributed by atoms with E-state index in [1.165, 1.54) is 0 Å². The molecule has 0 spiro atoms. The Morgan fingerprint density at radius 3 is 2.60 bits per heavy atom. The van der Waals surface area contributed by atoms with Gasteiger partial charge in [0.1, 0.15) is 5.01 Å². The number of para-hydroxylation sites is 1. The summed E-state index contributed by atoms with van der Waals surface area (Å²) in [6.45, 7) is 0. The van der Waals surface area contributed by atoms with Gasteiger partial charge in [0.05, 0.1) is 21.8 Å². The van der Waals surface area contributed by atoms with Crippen LogP contribution in [0.4, 0.5) is 0 Å². The van der Waals surface area contributed by atoms with Crippen molar-refractivity contribution in [3.8, 4) is 6.07 Å². The molecule has 124 valence electrons. The highest BCUT2D eigenvalue weighted by atomic mass is 32.1. The van der Waals surface area contributed by atoms with Gasteiger partial charge in [0.2, 0.25) is 0 Å². The van der Waals surface area contributed by atoms with Gasteiger partial charge in [0, 0.05) is 6.42 Å². The van der Waals surface area contributed by atoms with Crippen molar-refractivity contribution in [2.45, 2.75) is 19.3 Å². The standard InChI is InChI=1S/C20H16N2O2S/c21-13-15-10-8-14(9-11-15)12-16(4-3-7-19(23)24)20-22-17-5-1-2-6-18(17)25-20/h1-2,5-6,8-12H,3-4,7H2,(H,23,24)/b16-12+. The van der Waals surface area contributed by atoms with E-state index >= 15 is 0 Å². The molecule has 5 heteroatoms. The summed E-state index contributed by atoms with van der Waals surface area (Å²) in [6, 6.07) is 17.4. The SMILES string of the molecule is N#Cc1ccc(/C=C(\CCCC(=O)O)c2nc3ccccc3s2)cc1. The molecule has 1 N–H and O–H groups in total. The van der Waals surface area contributed by atoms with Gasteiger partial charge in [-0.3, -0.25) is 4.79 Å². The largest absolute Gasteiger partial charge is 0.481 e. The van der Waals surface area contributed by atoms with E-state index in [2.05, 4.69) is 6.07 Å². The van der Waals surface area contributed by atoms with Gasteiger partial charge < -0.3 is 5.11 Å². The van der Waals surface area contributed by atoms with Gasteiger partial charge in [-0.25, -0.2) is 4.98 Å². The molecule has 1 aromatic heterocycles. The summed E-state index contributed by atoms with van der Waals surface area (Å²) in [7, 11) is 0. The number of hydrogen-bond acceptors (Lipinski definition) is 4. The molecule has 0 bridgehead atoms. The number of fused-ring (bicyclic) bond motifs is 1. The molecule has 0 unspecified atom stereocenters. The van der Waals surface area contributed by atoms with E-state index in [4.69, 9.17) is 15.4 Å². The van der Waals surface area contributed by atoms with Crippen LogP contribution < -0.4 is 0 Å². The van der Waals surface area contributed by atoms with Crippen LogP contribution in [0.1, 0.15) is 35.4 Å². The number of nitriles is 1. The lowest BCUT2D eigenvalue weighted by atomic mass is 10.0. The van der Waals surface area contributed by atoms with Crippen LogP contribution in [0.2, 0.25) is 0 Å². The van der Waals surface area contributed by atoms with Crippen molar-refractivity contribution < 1.29 is 9.90 Å². The quantitative estimate of drug-likeness (QED) is 0.683. The Morgan fingerprint density at radius 1 is 1.16 bits per heavy atom. The molecular weight excluding hydrogens is 332 g/mol. The van der Waals surface area contributed by atoms with Crippen molar-refractivity contribution in [2.75, 3.05) is 0 Å². The number of allylic oxidation sites excluding steroid dienone is 1. The van der Waals surface area contributed by atoms with Gasteiger partial charge in [-0.2, -0.15) is 5.26 Å². The summed E-state index contributed by atoms with van der Waals surface area (Å²) in [6.07, 6.45) is 3.37. The Bertz CT molecular complexity index is 932. The van der Waals surface area contributed by atoms with Crippen LogP contribution in [0.25, 0.3) is 21.9 Å². The molecule has 0 atom stereocenters. The van der Waals surface area contributed by atoms with Crippen molar-refractivity contribution in [3.05, 3.63) is 64.7 Å². The molecule has 1 heterocycles. The van der Waals surface area contributed by atoms with Crippen molar-refractivity contribution in [1.82, 2.24) is 4.98 Å². The van der Waals surface area contributed by atoms with Crippen molar-refractivity contribution in [3.63, 3.8) is 0 Å². The minimum absolute atomic E-state index is 0.135. The normalized spacial score (nSPS) is 11.4. The lowest BCUT2D eigenvalue weighted by molar-refractivity contribution is -0.137. The van der Waals surface area contributed by atoms with Crippen LogP contribution in [0.5, 0.6) is 0 Å². The zero-order chi connectivity index (χ0) is 17.6. The van der Waals surface area contributed by atoms with Gasteiger partial charge in [0.15, 0.2) is 0 Å². The molecule has 0 saturated carbocycles. The number of carboxylic acid groups (broad SMARTS) is 1. The van der Waals surface area contributed by atoms with Crippen LogP contribution in [-0.2, 0) is 4.79 Å². The van der Waals surface area contributed by atoms with Gasteiger partial charge in [-0.1, -0.05) is 24.3 Å². The van der Waals surface area contributed by atoms with Crippen molar-refractivity contribution in [2.24, 2.45) is 0 Å². The smallest absolute Gasteiger partial charge is 0.303 e. The molecule has 0 aliphatic carbocycles. The number of hydrogen-bond donors (Lipinski definition) is 1. The van der Waals surface area contributed by atoms with Crippen LogP contribution in [-0.4, -0.2) is 16.1 Å². The molecule has 0 radical (unpaired) electrons. The first-order valence-corrected chi connectivity index (χ1v) is 8.76. The molecule has 0 amide bonds. The van der Waals surface area contributed by atoms with E-state index in [1.54, 1.807) is 23.5 Å². The van der Waals surface area contributed by atoms with Crippen LogP contribution in [0.15, 0.2) is 48.5 Å². The van der Waals surface area contributed by atoms with E-state index < -0.39 is 5.97 Å². The number of carbonyl (C=O) groups is 1. The van der Waals surface area contributed by atoms with E-state index in [0.717, 1.165) is 26.4 Å². The fourth-order valence-electron chi connectivity index (χ4n) is 2.54. The summed E-state index contributed by atoms with van der Waals surface area (Å²) in [4.78, 5) is 15.5. The molecular formula is C20H16N2O2S. The van der Waals surface area contributed by atoms with Crippen LogP contribution in [0, 0.1) is 11.3 Å². The van der Waals surface area contributed by atoms with Gasteiger partial charge in [-0.05, 0) is 54.3 Å². The highest BCUT2D eigenvalue weighted by Gasteiger charge is 2.10. The average Bonchev–Trinajstić information content (AvgIpc) is 3.05. The first-order chi connectivity index (χ1) is 12.2. The maximum Gasteiger partial charge on any atom is 0.303 e. The maximum absolute atomic E-state index is 10.8. The fraction of sp³-hybridized carbons (Fsp3) is 0.150. The topological polar surface area (TPSA) is 74.0 Å². The summed E-state index contributed by atoms with van der Waals surface area (Å²) in [5, 5.41) is 18.7. The number of benzene rings is 2. The molecule has 0 aliphatic rings. The lowest BCUT2D eigenvalue weighted by Crippen LogP contribution is -1.94. The fourth-order valence-corrected chi connectivity index (χ4v) is 3.54. The molecule has 0 saturated heterocycles. The Balaban J connectivity index is 1.94. The third-order valence-corrected chi connectivity index (χ3v) is 4.90. The average molecular weight is 348 g/mol. The first-order valence-electron chi connectivity index (χ1n) is 7.94. The summed E-state index contributed by atoms with van der Waals surface area (Å²) < 4.78 is 1.11. The van der Waals surface area contributed by atoms with Crippen LogP contribution >= 0.6 is 11.3 Å². The summed E-state index contributed by atoms with van der Waals surface area (Å²) in [5.41, 5.74) is 3.56. The predicted molar refractivity (Wildman–Crippen MR) is 100 cm³/mol. The van der Waals surface area contributed by atoms with Crippen molar-refractivity contribution in [1.29, 1.82) is 5.26 Å². The Kier molecular flexibility index (Phi) is 5.22. The second-order valence-corrected chi connectivity index (χ2v) is 6.67. The van der Waals surface area contributed by atoms with Gasteiger partial charge in [-0.15, -0.1) is 11.3 Å². The summed E-state index contributed by atoms with van der Waals surface area (Å²) in [5.74, 6) is -0.790. The van der Waals surface area contributed by atoms with Crippen molar-refractivity contribution >= 4 is 39.2 Å². The monoisotopic (exact) mass is 348 g/mol. The third-order valence-electron chi connectivity index (χ3n) is 3.79. The number of nitrogens with zero attached hydrogens (tertiary/aromatic N) is 2. The number of aliphatic carboxylic acids is 1. The molecule has 3 aromatic rings. The molecule has 0 aliphatic heterocycles. The van der Waals surface area contributed by atoms with Gasteiger partial charge >= 0.3 is 5.97 Å². The maximum atomic E-state index is 10.8. The highest BCUT2D eigenvalue weighted by molar-refractivity contribution is 7.19. The number of thiazole rings is 1. The second-order valence-electron chi connectivity index (χ2n) is 5.64. The predicted octanol–water partition coefficient (Wildman–Crippen LogP) is 4.96. The number of carboxylic acids is 1. The molecule has 0 fully saturated rings. The molecule has 2 aromatic carbocycles.